The van der Waals surface area contributed by atoms with Gasteiger partial charge in [0.15, 0.2) is 11.5 Å². The lowest BCUT2D eigenvalue weighted by atomic mass is 9.50. The number of phenols is 1. The van der Waals surface area contributed by atoms with Crippen LogP contribution in [0.3, 0.4) is 0 Å². The van der Waals surface area contributed by atoms with Crippen molar-refractivity contribution in [1.29, 1.82) is 0 Å². The third-order valence-corrected chi connectivity index (χ3v) is 21.0. The van der Waals surface area contributed by atoms with Crippen LogP contribution in [-0.2, 0) is 23.9 Å². The molecular weight excluding hydrogens is 845 g/mol. The van der Waals surface area contributed by atoms with Crippen molar-refractivity contribution in [3.8, 4) is 23.3 Å². The SMILES string of the molecule is CC(=O)O[C@@H]1C[C@@H](C2([C@H](C)O)CCCC2)CC#C[C@@H]2C[C@H]3c4c(ccc(O)c4OC[C@H]3C3(CO)CCCC3)[C@@H]2C2(CCNCC2)[C@@H]2OC(=O)[C@]34CCCC[C@H]3C[C@@]3(CCC[C@@H]3/C=C/[C@H]21)C(=O)N4. The van der Waals surface area contributed by atoms with Gasteiger partial charge in [-0.05, 0) is 144 Å². The van der Waals surface area contributed by atoms with Gasteiger partial charge in [0.1, 0.15) is 17.7 Å². The number of allylic oxidation sites excluding steroid dienone is 1. The number of esters is 2. The number of aliphatic hydroxyl groups is 2. The maximum atomic E-state index is 16.0. The number of ether oxygens (including phenoxy) is 3. The van der Waals surface area contributed by atoms with E-state index < -0.39 is 52.0 Å². The van der Waals surface area contributed by atoms with Gasteiger partial charge in [-0.15, -0.1) is 5.92 Å². The summed E-state index contributed by atoms with van der Waals surface area (Å²) in [7, 11) is 0. The molecule has 1 aromatic rings. The molecule has 3 spiro atoms. The third-order valence-electron chi connectivity index (χ3n) is 21.0. The fourth-order valence-electron chi connectivity index (χ4n) is 17.7. The average Bonchev–Trinajstić information content (AvgIpc) is 4.11. The molecule has 11 aliphatic rings. The van der Waals surface area contributed by atoms with Gasteiger partial charge in [-0.2, -0.15) is 0 Å². The Bertz CT molecular complexity index is 2190. The van der Waals surface area contributed by atoms with Crippen LogP contribution in [0.15, 0.2) is 24.3 Å². The molecule has 4 saturated carbocycles. The Labute approximate surface area is 397 Å². The van der Waals surface area contributed by atoms with E-state index in [9.17, 15) is 24.9 Å². The summed E-state index contributed by atoms with van der Waals surface area (Å²) in [6.45, 7) is 5.28. The molecule has 0 aromatic heterocycles. The molecule has 5 aliphatic heterocycles. The fourth-order valence-corrected chi connectivity index (χ4v) is 17.7. The third kappa shape index (κ3) is 7.08. The zero-order valence-electron chi connectivity index (χ0n) is 40.1. The van der Waals surface area contributed by atoms with E-state index in [4.69, 9.17) is 14.2 Å². The van der Waals surface area contributed by atoms with Gasteiger partial charge in [-0.1, -0.05) is 69.1 Å². The minimum Gasteiger partial charge on any atom is -0.504 e. The molecular formula is C56H76N2O9. The van der Waals surface area contributed by atoms with Crippen molar-refractivity contribution >= 4 is 17.8 Å². The van der Waals surface area contributed by atoms with Gasteiger partial charge in [0, 0.05) is 54.1 Å². The quantitative estimate of drug-likeness (QED) is 0.111. The first-order valence-electron chi connectivity index (χ1n) is 26.8. The van der Waals surface area contributed by atoms with E-state index in [1.54, 1.807) is 6.07 Å². The largest absolute Gasteiger partial charge is 0.504 e. The van der Waals surface area contributed by atoms with Gasteiger partial charge in [0.2, 0.25) is 5.91 Å². The number of hydrogen-bond acceptors (Lipinski definition) is 10. The lowest BCUT2D eigenvalue weighted by Crippen LogP contribution is -2.69. The van der Waals surface area contributed by atoms with Crippen LogP contribution in [-0.4, -0.2) is 83.3 Å². The lowest BCUT2D eigenvalue weighted by molar-refractivity contribution is -0.190. The van der Waals surface area contributed by atoms with Crippen molar-refractivity contribution in [2.24, 2.45) is 57.2 Å². The molecule has 364 valence electrons. The summed E-state index contributed by atoms with van der Waals surface area (Å²) in [6.07, 6.45) is 19.6. The van der Waals surface area contributed by atoms with Gasteiger partial charge in [0.05, 0.1) is 24.0 Å². The van der Waals surface area contributed by atoms with Crippen molar-refractivity contribution < 1.29 is 43.9 Å². The van der Waals surface area contributed by atoms with Crippen LogP contribution >= 0.6 is 0 Å². The number of hydrogen-bond donors (Lipinski definition) is 5. The van der Waals surface area contributed by atoms with E-state index in [1.165, 1.54) is 6.92 Å². The number of fused-ring (bicyclic) bond motifs is 5. The monoisotopic (exact) mass is 921 g/mol. The number of piperidine rings is 2. The van der Waals surface area contributed by atoms with Gasteiger partial charge in [-0.25, -0.2) is 4.79 Å². The first-order chi connectivity index (χ1) is 32.4. The van der Waals surface area contributed by atoms with Crippen LogP contribution in [0, 0.1) is 69.0 Å². The maximum Gasteiger partial charge on any atom is 0.332 e. The number of amides is 1. The van der Waals surface area contributed by atoms with Crippen molar-refractivity contribution in [3.63, 3.8) is 0 Å². The van der Waals surface area contributed by atoms with Gasteiger partial charge >= 0.3 is 11.9 Å². The summed E-state index contributed by atoms with van der Waals surface area (Å²) in [4.78, 5) is 44.5. The van der Waals surface area contributed by atoms with E-state index in [0.29, 0.717) is 70.4 Å². The number of rotatable bonds is 5. The van der Waals surface area contributed by atoms with Crippen molar-refractivity contribution in [2.45, 2.75) is 184 Å². The predicted octanol–water partition coefficient (Wildman–Crippen LogP) is 8.13. The van der Waals surface area contributed by atoms with Crippen LogP contribution in [0.2, 0.25) is 0 Å². The maximum absolute atomic E-state index is 16.0. The number of aromatic hydroxyl groups is 1. The summed E-state index contributed by atoms with van der Waals surface area (Å²) in [5.41, 5.74) is -1.15. The van der Waals surface area contributed by atoms with E-state index in [-0.39, 0.29) is 71.1 Å². The lowest BCUT2D eigenvalue weighted by Gasteiger charge is -2.57. The summed E-state index contributed by atoms with van der Waals surface area (Å²) < 4.78 is 21.0. The molecule has 2 saturated heterocycles. The number of benzene rings is 1. The Balaban J connectivity index is 1.17. The summed E-state index contributed by atoms with van der Waals surface area (Å²) >= 11 is 0. The molecule has 0 unspecified atom stereocenters. The summed E-state index contributed by atoms with van der Waals surface area (Å²) in [5, 5.41) is 42.0. The molecule has 1 amide bonds. The van der Waals surface area contributed by atoms with Crippen LogP contribution in [0.1, 0.15) is 172 Å². The molecule has 13 atom stereocenters. The molecule has 5 heterocycles. The van der Waals surface area contributed by atoms with Crippen LogP contribution < -0.4 is 15.4 Å². The number of carbonyl (C=O) groups excluding carboxylic acids is 3. The van der Waals surface area contributed by atoms with Crippen molar-refractivity contribution in [1.82, 2.24) is 10.6 Å². The number of nitrogens with one attached hydrogen (secondary N) is 2. The second kappa shape index (κ2) is 17.4. The second-order valence-electron chi connectivity index (χ2n) is 23.7. The molecule has 12 rings (SSSR count). The molecule has 6 aliphatic carbocycles. The number of aliphatic hydroxyl groups excluding tert-OH is 2. The molecule has 11 nitrogen and oxygen atoms in total. The highest BCUT2D eigenvalue weighted by Crippen LogP contribution is 2.66. The molecule has 6 fully saturated rings. The normalized spacial score (nSPS) is 41.1. The Morgan fingerprint density at radius 1 is 0.925 bits per heavy atom. The van der Waals surface area contributed by atoms with Crippen molar-refractivity contribution in [2.75, 3.05) is 26.3 Å². The Morgan fingerprint density at radius 2 is 1.69 bits per heavy atom. The number of carbonyl (C=O) groups is 3. The van der Waals surface area contributed by atoms with Gasteiger partial charge < -0.3 is 40.2 Å². The summed E-state index contributed by atoms with van der Waals surface area (Å²) in [5.74, 6) is 6.47. The van der Waals surface area contributed by atoms with Crippen molar-refractivity contribution in [3.05, 3.63) is 35.4 Å². The van der Waals surface area contributed by atoms with E-state index in [1.807, 2.05) is 6.92 Å². The minimum absolute atomic E-state index is 0.0179. The van der Waals surface area contributed by atoms with Crippen LogP contribution in [0.25, 0.3) is 0 Å². The molecule has 11 heteroatoms. The Kier molecular flexibility index (Phi) is 11.9. The van der Waals surface area contributed by atoms with E-state index >= 15 is 4.79 Å². The highest BCUT2D eigenvalue weighted by atomic mass is 16.6. The smallest absolute Gasteiger partial charge is 0.332 e. The topological polar surface area (TPSA) is 164 Å². The fraction of sp³-hybridized carbons (Fsp3) is 0.768. The molecule has 67 heavy (non-hydrogen) atoms. The van der Waals surface area contributed by atoms with E-state index in [2.05, 4.69) is 40.7 Å². The first-order valence-corrected chi connectivity index (χ1v) is 26.8. The highest BCUT2D eigenvalue weighted by molar-refractivity contribution is 5.93. The zero-order chi connectivity index (χ0) is 46.3. The summed E-state index contributed by atoms with van der Waals surface area (Å²) in [6, 6.07) is 3.88. The first kappa shape index (κ1) is 45.8. The van der Waals surface area contributed by atoms with Gasteiger partial charge in [0.25, 0.3) is 0 Å². The zero-order valence-corrected chi connectivity index (χ0v) is 40.1. The second-order valence-corrected chi connectivity index (χ2v) is 23.7. The number of phenolic OH excluding ortho intramolecular Hbond substituents is 1. The highest BCUT2D eigenvalue weighted by Gasteiger charge is 2.65. The van der Waals surface area contributed by atoms with Gasteiger partial charge in [-0.3, -0.25) is 9.59 Å². The average molecular weight is 921 g/mol. The molecule has 0 radical (unpaired) electrons. The Morgan fingerprint density at radius 3 is 2.43 bits per heavy atom. The van der Waals surface area contributed by atoms with E-state index in [0.717, 1.165) is 101 Å². The van der Waals surface area contributed by atoms with Crippen LogP contribution in [0.4, 0.5) is 0 Å². The van der Waals surface area contributed by atoms with Crippen LogP contribution in [0.5, 0.6) is 11.5 Å². The Hall–Kier alpha value is -3.59. The standard InChI is InChI=1S/C56H76N2O9/c1-34(60)53(21-7-8-22-53)38-13-9-11-36-29-42-43(52(33-59)19-5-6-20-52)32-65-48-44(62)18-17-41(46(42)48)47(36)54(25-27-57-28-26-54)49-40(45(30-38)66-35(2)61)16-15-37-14-10-23-55(37)31-39-12-3-4-24-56(39,51(64)67-49)58-50(55)63/h15-18,34,36-40,42-43,45,47,49,57,59-60,62H,3-8,10,12-14,19-33H2,1-2H3,(H,58,63)/b16-15+/t34-,36+,37+,38-,39-,40-,42+,43+,45+,47+,49+,55+,56-/m0/s1. The molecule has 1 aromatic carbocycles. The minimum atomic E-state index is -1.15. The molecule has 2 bridgehead atoms. The predicted molar refractivity (Wildman–Crippen MR) is 252 cm³/mol. The molecule has 5 N–H and O–H groups in total.